The minimum atomic E-state index is -3.74. The Bertz CT molecular complexity index is 1080. The lowest BCUT2D eigenvalue weighted by Gasteiger charge is -2.46. The van der Waals surface area contributed by atoms with Gasteiger partial charge in [-0.2, -0.15) is 4.31 Å². The van der Waals surface area contributed by atoms with Crippen LogP contribution in [0.2, 0.25) is 5.02 Å². The van der Waals surface area contributed by atoms with Crippen LogP contribution in [0, 0.1) is 5.41 Å². The summed E-state index contributed by atoms with van der Waals surface area (Å²) in [6.45, 7) is 4.40. The van der Waals surface area contributed by atoms with Gasteiger partial charge in [0.05, 0.1) is 29.7 Å². The van der Waals surface area contributed by atoms with Crippen molar-refractivity contribution in [2.24, 2.45) is 5.41 Å². The fourth-order valence-electron chi connectivity index (χ4n) is 7.40. The van der Waals surface area contributed by atoms with E-state index >= 15 is 0 Å². The molecule has 3 saturated heterocycles. The van der Waals surface area contributed by atoms with E-state index in [0.717, 1.165) is 58.0 Å². The largest absolute Gasteiger partial charge is 0.375 e. The van der Waals surface area contributed by atoms with E-state index in [9.17, 15) is 13.2 Å². The van der Waals surface area contributed by atoms with E-state index in [4.69, 9.17) is 16.3 Å². The standard InChI is InChI=1S/C28H40ClN3O4S/c29-21-7-9-23(10-8-21)37(34,35)32-24-5-4-6-25(24)36-20-26(32)28(13-14-28)19-27(33)31-17-11-22(12-18-31)30-15-2-1-3-16-30/h7-10,22,24-26H,1-6,11-20H2/t24-,25+,26-/m1/s1. The number of hydrogen-bond acceptors (Lipinski definition) is 5. The molecular weight excluding hydrogens is 510 g/mol. The van der Waals surface area contributed by atoms with Crippen LogP contribution in [-0.4, -0.2) is 85.4 Å². The van der Waals surface area contributed by atoms with Gasteiger partial charge in [0.1, 0.15) is 0 Å². The first-order valence-electron chi connectivity index (χ1n) is 14.3. The summed E-state index contributed by atoms with van der Waals surface area (Å²) in [6, 6.07) is 6.62. The number of likely N-dealkylation sites (tertiary alicyclic amines) is 2. The first kappa shape index (κ1) is 26.1. The molecule has 3 atom stereocenters. The van der Waals surface area contributed by atoms with Crippen molar-refractivity contribution in [3.63, 3.8) is 0 Å². The molecule has 0 spiro atoms. The number of fused-ring (bicyclic) bond motifs is 1. The molecule has 37 heavy (non-hydrogen) atoms. The zero-order valence-electron chi connectivity index (χ0n) is 21.7. The SMILES string of the molecule is O=C(CC1([C@H]2CO[C@H]3CCC[C@H]3N2S(=O)(=O)c2ccc(Cl)cc2)CC1)N1CCC(N2CCCCC2)CC1. The van der Waals surface area contributed by atoms with E-state index in [1.54, 1.807) is 28.6 Å². The highest BCUT2D eigenvalue weighted by molar-refractivity contribution is 7.89. The quantitative estimate of drug-likeness (QED) is 0.529. The van der Waals surface area contributed by atoms with Crippen molar-refractivity contribution < 1.29 is 17.9 Å². The fraction of sp³-hybridized carbons (Fsp3) is 0.750. The van der Waals surface area contributed by atoms with E-state index in [0.29, 0.717) is 24.1 Å². The average molecular weight is 550 g/mol. The molecular formula is C28H40ClN3O4S. The molecule has 0 radical (unpaired) electrons. The molecule has 9 heteroatoms. The second kappa shape index (κ2) is 10.4. The van der Waals surface area contributed by atoms with Crippen LogP contribution in [0.15, 0.2) is 29.2 Å². The smallest absolute Gasteiger partial charge is 0.243 e. The predicted molar refractivity (Wildman–Crippen MR) is 143 cm³/mol. The number of morpholine rings is 1. The number of rotatable bonds is 6. The van der Waals surface area contributed by atoms with E-state index in [1.165, 1.54) is 32.4 Å². The van der Waals surface area contributed by atoms with Gasteiger partial charge in [-0.05, 0) is 101 Å². The average Bonchev–Trinajstić information content (AvgIpc) is 3.54. The molecule has 0 aromatic heterocycles. The van der Waals surface area contributed by atoms with Gasteiger partial charge in [0.25, 0.3) is 0 Å². The summed E-state index contributed by atoms with van der Waals surface area (Å²) in [6.07, 6.45) is 10.8. The Labute approximate surface area is 226 Å². The van der Waals surface area contributed by atoms with Crippen LogP contribution in [0.3, 0.4) is 0 Å². The first-order valence-corrected chi connectivity index (χ1v) is 16.1. The van der Waals surface area contributed by atoms with E-state index in [-0.39, 0.29) is 34.4 Å². The molecule has 1 aromatic rings. The maximum Gasteiger partial charge on any atom is 0.243 e. The Balaban J connectivity index is 1.17. The Hall–Kier alpha value is -1.19. The summed E-state index contributed by atoms with van der Waals surface area (Å²) in [5.74, 6) is 0.187. The lowest BCUT2D eigenvalue weighted by molar-refractivity contribution is -0.136. The normalized spacial score (nSPS) is 31.3. The second-order valence-electron chi connectivity index (χ2n) is 11.9. The highest BCUT2D eigenvalue weighted by atomic mass is 35.5. The number of hydrogen-bond donors (Lipinski definition) is 0. The highest BCUT2D eigenvalue weighted by Gasteiger charge is 2.60. The maximum atomic E-state index is 14.0. The molecule has 2 aliphatic carbocycles. The van der Waals surface area contributed by atoms with Gasteiger partial charge in [0, 0.05) is 30.6 Å². The number of benzene rings is 1. The van der Waals surface area contributed by atoms with Crippen molar-refractivity contribution in [3.8, 4) is 0 Å². The van der Waals surface area contributed by atoms with E-state index in [2.05, 4.69) is 4.90 Å². The number of ether oxygens (including phenoxy) is 1. The predicted octanol–water partition coefficient (Wildman–Crippen LogP) is 4.30. The number of nitrogens with zero attached hydrogens (tertiary/aromatic N) is 3. The molecule has 3 aliphatic heterocycles. The molecule has 0 N–H and O–H groups in total. The molecule has 6 rings (SSSR count). The zero-order valence-corrected chi connectivity index (χ0v) is 23.3. The van der Waals surface area contributed by atoms with Crippen molar-refractivity contribution in [1.29, 1.82) is 0 Å². The van der Waals surface area contributed by atoms with Crippen molar-refractivity contribution in [2.45, 2.75) is 99.8 Å². The molecule has 2 saturated carbocycles. The molecule has 7 nitrogen and oxygen atoms in total. The maximum absolute atomic E-state index is 14.0. The third-order valence-corrected chi connectivity index (χ3v) is 11.9. The number of amides is 1. The van der Waals surface area contributed by atoms with Gasteiger partial charge in [-0.3, -0.25) is 4.79 Å². The number of carbonyl (C=O) groups excluding carboxylic acids is 1. The third kappa shape index (κ3) is 5.09. The van der Waals surface area contributed by atoms with E-state index in [1.807, 2.05) is 4.90 Å². The zero-order chi connectivity index (χ0) is 25.6. The van der Waals surface area contributed by atoms with Crippen LogP contribution in [0.25, 0.3) is 0 Å². The van der Waals surface area contributed by atoms with Gasteiger partial charge in [-0.25, -0.2) is 8.42 Å². The summed E-state index contributed by atoms with van der Waals surface area (Å²) in [5, 5.41) is 0.518. The minimum Gasteiger partial charge on any atom is -0.375 e. The van der Waals surface area contributed by atoms with Gasteiger partial charge in [-0.1, -0.05) is 18.0 Å². The van der Waals surface area contributed by atoms with E-state index < -0.39 is 10.0 Å². The van der Waals surface area contributed by atoms with Crippen LogP contribution in [0.5, 0.6) is 0 Å². The molecule has 1 aromatic carbocycles. The molecule has 3 heterocycles. The van der Waals surface area contributed by atoms with Crippen LogP contribution >= 0.6 is 11.6 Å². The van der Waals surface area contributed by atoms with Crippen LogP contribution < -0.4 is 0 Å². The number of piperidine rings is 2. The lowest BCUT2D eigenvalue weighted by Crippen LogP contribution is -2.60. The Morgan fingerprint density at radius 3 is 2.32 bits per heavy atom. The highest BCUT2D eigenvalue weighted by Crippen LogP contribution is 2.57. The lowest BCUT2D eigenvalue weighted by atomic mass is 9.89. The minimum absolute atomic E-state index is 0.0568. The van der Waals surface area contributed by atoms with Gasteiger partial charge < -0.3 is 14.5 Å². The summed E-state index contributed by atoms with van der Waals surface area (Å²) < 4.78 is 36.1. The van der Waals surface area contributed by atoms with Crippen molar-refractivity contribution >= 4 is 27.5 Å². The Morgan fingerprint density at radius 1 is 0.946 bits per heavy atom. The number of carbonyl (C=O) groups is 1. The number of halogens is 1. The summed E-state index contributed by atoms with van der Waals surface area (Å²) in [7, 11) is -3.74. The fourth-order valence-corrected chi connectivity index (χ4v) is 9.46. The van der Waals surface area contributed by atoms with Gasteiger partial charge in [0.2, 0.25) is 15.9 Å². The molecule has 1 amide bonds. The topological polar surface area (TPSA) is 70.2 Å². The van der Waals surface area contributed by atoms with Crippen molar-refractivity contribution in [1.82, 2.24) is 14.1 Å². The molecule has 5 aliphatic rings. The van der Waals surface area contributed by atoms with Gasteiger partial charge >= 0.3 is 0 Å². The van der Waals surface area contributed by atoms with Crippen LogP contribution in [-0.2, 0) is 19.6 Å². The van der Waals surface area contributed by atoms with Crippen LogP contribution in [0.4, 0.5) is 0 Å². The third-order valence-electron chi connectivity index (χ3n) is 9.74. The van der Waals surface area contributed by atoms with Crippen molar-refractivity contribution in [2.75, 3.05) is 32.8 Å². The summed E-state index contributed by atoms with van der Waals surface area (Å²) in [5.41, 5.74) is -0.326. The molecule has 0 unspecified atom stereocenters. The van der Waals surface area contributed by atoms with Crippen LogP contribution in [0.1, 0.15) is 70.6 Å². The Morgan fingerprint density at radius 2 is 1.65 bits per heavy atom. The second-order valence-corrected chi connectivity index (χ2v) is 14.2. The number of sulfonamides is 1. The Kier molecular flexibility index (Phi) is 7.33. The molecule has 204 valence electrons. The summed E-state index contributed by atoms with van der Waals surface area (Å²) in [4.78, 5) is 18.5. The van der Waals surface area contributed by atoms with Crippen molar-refractivity contribution in [3.05, 3.63) is 29.3 Å². The molecule has 0 bridgehead atoms. The first-order chi connectivity index (χ1) is 17.9. The molecule has 5 fully saturated rings. The summed E-state index contributed by atoms with van der Waals surface area (Å²) >= 11 is 6.06. The van der Waals surface area contributed by atoms with Gasteiger partial charge in [0.15, 0.2) is 0 Å². The van der Waals surface area contributed by atoms with Gasteiger partial charge in [-0.15, -0.1) is 0 Å². The monoisotopic (exact) mass is 549 g/mol.